The first-order valence-corrected chi connectivity index (χ1v) is 9.05. The zero-order chi connectivity index (χ0) is 18.7. The minimum Gasteiger partial charge on any atom is -0.337 e. The summed E-state index contributed by atoms with van der Waals surface area (Å²) in [7, 11) is 1.82. The lowest BCUT2D eigenvalue weighted by molar-refractivity contribution is 0.0743. The maximum Gasteiger partial charge on any atom is 0.255 e. The molecule has 1 atom stereocenters. The molecule has 144 valence electrons. The highest BCUT2D eigenvalue weighted by Gasteiger charge is 2.23. The molecule has 1 fully saturated rings. The number of likely N-dealkylation sites (N-methyl/N-ethyl adjacent to an activating group) is 1. The molecule has 27 heavy (non-hydrogen) atoms. The lowest BCUT2D eigenvalue weighted by Crippen LogP contribution is -2.38. The molecule has 0 aliphatic carbocycles. The van der Waals surface area contributed by atoms with Crippen molar-refractivity contribution in [3.63, 3.8) is 0 Å². The van der Waals surface area contributed by atoms with Crippen LogP contribution in [0.5, 0.6) is 0 Å². The number of nitrogens with one attached hydrogen (secondary N) is 2. The first kappa shape index (κ1) is 21.5. The van der Waals surface area contributed by atoms with Crippen LogP contribution in [0, 0.1) is 0 Å². The molecule has 1 saturated heterocycles. The van der Waals surface area contributed by atoms with Gasteiger partial charge in [-0.25, -0.2) is 0 Å². The molecule has 3 rings (SSSR count). The van der Waals surface area contributed by atoms with Gasteiger partial charge in [0.1, 0.15) is 0 Å². The number of hydrogen-bond donors (Lipinski definition) is 2. The number of benzene rings is 2. The molecule has 1 aliphatic rings. The molecule has 0 saturated carbocycles. The number of halogens is 3. The Kier molecular flexibility index (Phi) is 7.50. The summed E-state index contributed by atoms with van der Waals surface area (Å²) in [4.78, 5) is 26.6. The Morgan fingerprint density at radius 2 is 1.70 bits per heavy atom. The van der Waals surface area contributed by atoms with Gasteiger partial charge in [-0.15, -0.1) is 12.4 Å². The molecule has 0 radical (unpaired) electrons. The smallest absolute Gasteiger partial charge is 0.255 e. The van der Waals surface area contributed by atoms with Crippen molar-refractivity contribution in [2.75, 3.05) is 25.5 Å². The summed E-state index contributed by atoms with van der Waals surface area (Å²) in [5.74, 6) is -0.346. The molecule has 8 heteroatoms. The van der Waals surface area contributed by atoms with Crippen LogP contribution in [-0.4, -0.2) is 42.9 Å². The highest BCUT2D eigenvalue weighted by molar-refractivity contribution is 6.35. The van der Waals surface area contributed by atoms with E-state index in [-0.39, 0.29) is 30.3 Å². The summed E-state index contributed by atoms with van der Waals surface area (Å²) in [5.41, 5.74) is 1.55. The van der Waals surface area contributed by atoms with Gasteiger partial charge >= 0.3 is 0 Å². The van der Waals surface area contributed by atoms with Gasteiger partial charge in [-0.2, -0.15) is 0 Å². The highest BCUT2D eigenvalue weighted by atomic mass is 35.5. The fraction of sp³-hybridized carbons (Fsp3) is 0.263. The van der Waals surface area contributed by atoms with Crippen molar-refractivity contribution in [3.8, 4) is 0 Å². The molecule has 2 N–H and O–H groups in total. The maximum absolute atomic E-state index is 12.5. The van der Waals surface area contributed by atoms with E-state index in [1.54, 1.807) is 47.4 Å². The number of hydrogen-bond acceptors (Lipinski definition) is 3. The summed E-state index contributed by atoms with van der Waals surface area (Å²) >= 11 is 11.9. The third-order valence-electron chi connectivity index (χ3n) is 4.42. The second-order valence-corrected chi connectivity index (χ2v) is 7.13. The van der Waals surface area contributed by atoms with E-state index in [1.165, 1.54) is 0 Å². The molecule has 2 amide bonds. The number of anilines is 1. The number of nitrogens with zero attached hydrogens (tertiary/aromatic N) is 1. The van der Waals surface area contributed by atoms with Crippen LogP contribution >= 0.6 is 35.6 Å². The quantitative estimate of drug-likeness (QED) is 0.770. The SMILES string of the molecule is CN(C(=O)c1ccc(NC(=O)c2cc(Cl)cc(Cl)c2)cc1)C1CCNC1.Cl. The van der Waals surface area contributed by atoms with Gasteiger partial charge in [-0.1, -0.05) is 23.2 Å². The topological polar surface area (TPSA) is 61.4 Å². The second-order valence-electron chi connectivity index (χ2n) is 6.25. The molecule has 0 bridgehead atoms. The molecule has 2 aromatic carbocycles. The lowest BCUT2D eigenvalue weighted by Gasteiger charge is -2.23. The van der Waals surface area contributed by atoms with Gasteiger partial charge in [0, 0.05) is 46.5 Å². The second kappa shape index (κ2) is 9.42. The monoisotopic (exact) mass is 427 g/mol. The van der Waals surface area contributed by atoms with Crippen LogP contribution in [0.4, 0.5) is 5.69 Å². The van der Waals surface area contributed by atoms with E-state index in [0.717, 1.165) is 19.5 Å². The van der Waals surface area contributed by atoms with Crippen LogP contribution in [0.25, 0.3) is 0 Å². The summed E-state index contributed by atoms with van der Waals surface area (Å²) in [5, 5.41) is 6.82. The van der Waals surface area contributed by atoms with Crippen molar-refractivity contribution in [1.82, 2.24) is 10.2 Å². The zero-order valence-electron chi connectivity index (χ0n) is 14.7. The van der Waals surface area contributed by atoms with Crippen molar-refractivity contribution >= 4 is 53.1 Å². The minimum absolute atomic E-state index is 0. The van der Waals surface area contributed by atoms with E-state index in [0.29, 0.717) is 26.9 Å². The third-order valence-corrected chi connectivity index (χ3v) is 4.85. The third kappa shape index (κ3) is 5.36. The summed E-state index contributed by atoms with van der Waals surface area (Å²) in [6.45, 7) is 1.75. The Morgan fingerprint density at radius 1 is 1.07 bits per heavy atom. The Bertz CT molecular complexity index is 801. The van der Waals surface area contributed by atoms with Gasteiger partial charge in [-0.3, -0.25) is 9.59 Å². The van der Waals surface area contributed by atoms with E-state index in [4.69, 9.17) is 23.2 Å². The number of carbonyl (C=O) groups is 2. The van der Waals surface area contributed by atoms with Gasteiger partial charge in [0.25, 0.3) is 11.8 Å². The van der Waals surface area contributed by atoms with Crippen molar-refractivity contribution in [3.05, 3.63) is 63.6 Å². The van der Waals surface area contributed by atoms with Gasteiger partial charge in [0.05, 0.1) is 0 Å². The average molecular weight is 429 g/mol. The van der Waals surface area contributed by atoms with Crippen molar-refractivity contribution < 1.29 is 9.59 Å². The Morgan fingerprint density at radius 3 is 2.26 bits per heavy atom. The zero-order valence-corrected chi connectivity index (χ0v) is 17.0. The molecule has 1 heterocycles. The highest BCUT2D eigenvalue weighted by Crippen LogP contribution is 2.20. The number of rotatable bonds is 4. The predicted molar refractivity (Wildman–Crippen MR) is 111 cm³/mol. The van der Waals surface area contributed by atoms with E-state index >= 15 is 0 Å². The van der Waals surface area contributed by atoms with E-state index < -0.39 is 0 Å². The number of carbonyl (C=O) groups excluding carboxylic acids is 2. The molecule has 2 aromatic rings. The van der Waals surface area contributed by atoms with Gasteiger partial charge in [0.15, 0.2) is 0 Å². The van der Waals surface area contributed by atoms with E-state index in [1.807, 2.05) is 7.05 Å². The van der Waals surface area contributed by atoms with Crippen molar-refractivity contribution in [2.24, 2.45) is 0 Å². The van der Waals surface area contributed by atoms with Crippen LogP contribution in [0.1, 0.15) is 27.1 Å². The van der Waals surface area contributed by atoms with Gasteiger partial charge in [-0.05, 0) is 55.4 Å². The molecule has 0 spiro atoms. The lowest BCUT2D eigenvalue weighted by atomic mass is 10.1. The standard InChI is InChI=1S/C19H19Cl2N3O2.ClH/c1-24(17-6-7-22-11-17)19(26)12-2-4-16(5-3-12)23-18(25)13-8-14(20)10-15(21)9-13;/h2-5,8-10,17,22H,6-7,11H2,1H3,(H,23,25);1H. The number of amides is 2. The normalized spacial score (nSPS) is 15.7. The van der Waals surface area contributed by atoms with E-state index in [2.05, 4.69) is 10.6 Å². The van der Waals surface area contributed by atoms with Gasteiger partial charge < -0.3 is 15.5 Å². The van der Waals surface area contributed by atoms with Crippen molar-refractivity contribution in [2.45, 2.75) is 12.5 Å². The maximum atomic E-state index is 12.5. The average Bonchev–Trinajstić information content (AvgIpc) is 3.15. The van der Waals surface area contributed by atoms with Crippen LogP contribution in [0.15, 0.2) is 42.5 Å². The molecular weight excluding hydrogens is 409 g/mol. The fourth-order valence-corrected chi connectivity index (χ4v) is 3.45. The summed E-state index contributed by atoms with van der Waals surface area (Å²) in [6.07, 6.45) is 0.957. The summed E-state index contributed by atoms with van der Waals surface area (Å²) in [6, 6.07) is 11.7. The Labute approximate surface area is 174 Å². The molecule has 5 nitrogen and oxygen atoms in total. The first-order valence-electron chi connectivity index (χ1n) is 8.29. The molecule has 1 unspecified atom stereocenters. The predicted octanol–water partition coefficient (Wildman–Crippen LogP) is 4.10. The Hall–Kier alpha value is -1.79. The molecule has 1 aliphatic heterocycles. The Balaban J connectivity index is 0.00000261. The van der Waals surface area contributed by atoms with Gasteiger partial charge in [0.2, 0.25) is 0 Å². The molecule has 0 aromatic heterocycles. The van der Waals surface area contributed by atoms with Crippen LogP contribution in [0.3, 0.4) is 0 Å². The van der Waals surface area contributed by atoms with Crippen LogP contribution in [-0.2, 0) is 0 Å². The summed E-state index contributed by atoms with van der Waals surface area (Å²) < 4.78 is 0. The first-order chi connectivity index (χ1) is 12.4. The van der Waals surface area contributed by atoms with Crippen molar-refractivity contribution in [1.29, 1.82) is 0 Å². The van der Waals surface area contributed by atoms with Crippen LogP contribution in [0.2, 0.25) is 10.0 Å². The van der Waals surface area contributed by atoms with Crippen LogP contribution < -0.4 is 10.6 Å². The largest absolute Gasteiger partial charge is 0.337 e. The van der Waals surface area contributed by atoms with E-state index in [9.17, 15) is 9.59 Å². The fourth-order valence-electron chi connectivity index (χ4n) is 2.92. The minimum atomic E-state index is -0.317. The molecular formula is C19H20Cl3N3O2.